The molecule has 188 valence electrons. The maximum absolute atomic E-state index is 13.1. The van der Waals surface area contributed by atoms with Crippen molar-refractivity contribution >= 4 is 29.0 Å². The normalized spacial score (nSPS) is 13.7. The Morgan fingerprint density at radius 1 is 0.917 bits per heavy atom. The number of rotatable bonds is 6. The predicted octanol–water partition coefficient (Wildman–Crippen LogP) is 5.66. The quantitative estimate of drug-likeness (QED) is 0.410. The maximum atomic E-state index is 13.1. The Bertz CT molecular complexity index is 1210. The number of carbonyl (C=O) groups is 2. The van der Waals surface area contributed by atoms with E-state index in [0.29, 0.717) is 17.8 Å². The number of aromatic nitrogens is 1. The van der Waals surface area contributed by atoms with E-state index in [1.807, 2.05) is 6.07 Å². The molecule has 3 N–H and O–H groups in total. The molecule has 0 atom stereocenters. The topological polar surface area (TPSA) is 86.4 Å². The smallest absolute Gasteiger partial charge is 0.371 e. The minimum absolute atomic E-state index is 0.00157. The van der Waals surface area contributed by atoms with Crippen LogP contribution < -0.4 is 20.9 Å². The predicted molar refractivity (Wildman–Crippen MR) is 132 cm³/mol. The van der Waals surface area contributed by atoms with Crippen molar-refractivity contribution in [2.45, 2.75) is 32.0 Å². The molecule has 3 aromatic rings. The van der Waals surface area contributed by atoms with Crippen molar-refractivity contribution in [1.29, 1.82) is 0 Å². The van der Waals surface area contributed by atoms with Gasteiger partial charge in [0.25, 0.3) is 5.91 Å². The Kier molecular flexibility index (Phi) is 7.72. The molecule has 0 spiro atoms. The monoisotopic (exact) mass is 497 g/mol. The van der Waals surface area contributed by atoms with E-state index in [1.54, 1.807) is 36.7 Å². The van der Waals surface area contributed by atoms with E-state index in [-0.39, 0.29) is 11.6 Å². The molecule has 1 saturated heterocycles. The molecule has 1 aliphatic heterocycles. The van der Waals surface area contributed by atoms with Crippen molar-refractivity contribution in [3.8, 4) is 0 Å². The molecule has 36 heavy (non-hydrogen) atoms. The van der Waals surface area contributed by atoms with Crippen molar-refractivity contribution in [3.63, 3.8) is 0 Å². The lowest BCUT2D eigenvalue weighted by atomic mass is 10.1. The number of alkyl halides is 3. The molecule has 4 rings (SSSR count). The van der Waals surface area contributed by atoms with Crippen molar-refractivity contribution < 1.29 is 22.8 Å². The van der Waals surface area contributed by atoms with Crippen molar-refractivity contribution in [2.24, 2.45) is 0 Å². The van der Waals surface area contributed by atoms with Crippen LogP contribution in [0.2, 0.25) is 0 Å². The van der Waals surface area contributed by atoms with E-state index in [1.165, 1.54) is 12.1 Å². The van der Waals surface area contributed by atoms with E-state index < -0.39 is 17.8 Å². The van der Waals surface area contributed by atoms with Crippen LogP contribution in [0.15, 0.2) is 67.0 Å². The van der Waals surface area contributed by atoms with Gasteiger partial charge in [-0.15, -0.1) is 0 Å². The maximum Gasteiger partial charge on any atom is 0.416 e. The van der Waals surface area contributed by atoms with Crippen LogP contribution >= 0.6 is 0 Å². The Balaban J connectivity index is 1.51. The van der Waals surface area contributed by atoms with Crippen LogP contribution in [-0.4, -0.2) is 30.0 Å². The number of nitrogens with zero attached hydrogens (tertiary/aromatic N) is 2. The highest BCUT2D eigenvalue weighted by Gasteiger charge is 2.30. The number of halogens is 3. The first-order chi connectivity index (χ1) is 17.3. The van der Waals surface area contributed by atoms with Crippen LogP contribution in [0.25, 0.3) is 0 Å². The van der Waals surface area contributed by atoms with E-state index in [2.05, 4.69) is 25.8 Å². The highest BCUT2D eigenvalue weighted by Crippen LogP contribution is 2.31. The van der Waals surface area contributed by atoms with Crippen LogP contribution in [0, 0.1) is 0 Å². The third-order valence-electron chi connectivity index (χ3n) is 5.82. The first kappa shape index (κ1) is 25.0. The fourth-order valence-electron chi connectivity index (χ4n) is 4.05. The molecular weight excluding hydrogens is 471 g/mol. The van der Waals surface area contributed by atoms with Gasteiger partial charge in [0.15, 0.2) is 0 Å². The van der Waals surface area contributed by atoms with Gasteiger partial charge in [-0.05, 0) is 67.3 Å². The second-order valence-corrected chi connectivity index (χ2v) is 8.48. The van der Waals surface area contributed by atoms with Crippen LogP contribution in [0.1, 0.15) is 40.7 Å². The molecule has 10 heteroatoms. The molecular formula is C26H26F3N5O2. The van der Waals surface area contributed by atoms with Crippen LogP contribution in [0.3, 0.4) is 0 Å². The molecule has 2 aromatic carbocycles. The fourth-order valence-corrected chi connectivity index (χ4v) is 4.05. The van der Waals surface area contributed by atoms with E-state index >= 15 is 0 Å². The van der Waals surface area contributed by atoms with E-state index in [4.69, 9.17) is 0 Å². The fraction of sp³-hybridized carbons (Fsp3) is 0.269. The van der Waals surface area contributed by atoms with E-state index in [0.717, 1.165) is 55.7 Å². The summed E-state index contributed by atoms with van der Waals surface area (Å²) in [6.07, 6.45) is 1.98. The lowest BCUT2D eigenvalue weighted by Crippen LogP contribution is -2.33. The van der Waals surface area contributed by atoms with Crippen molar-refractivity contribution in [1.82, 2.24) is 10.3 Å². The van der Waals surface area contributed by atoms with Crippen LogP contribution in [-0.2, 0) is 12.7 Å². The summed E-state index contributed by atoms with van der Waals surface area (Å²) in [5.41, 5.74) is 1.49. The molecule has 1 aliphatic rings. The van der Waals surface area contributed by atoms with Crippen molar-refractivity contribution in [2.75, 3.05) is 28.6 Å². The molecule has 7 nitrogen and oxygen atoms in total. The summed E-state index contributed by atoms with van der Waals surface area (Å²) in [5, 5.41) is 7.91. The highest BCUT2D eigenvalue weighted by atomic mass is 19.4. The largest absolute Gasteiger partial charge is 0.416 e. The lowest BCUT2D eigenvalue weighted by molar-refractivity contribution is -0.137. The third-order valence-corrected chi connectivity index (χ3v) is 5.82. The molecule has 0 bridgehead atoms. The average Bonchev–Trinajstić information content (AvgIpc) is 2.88. The molecule has 1 fully saturated rings. The third kappa shape index (κ3) is 6.53. The van der Waals surface area contributed by atoms with Gasteiger partial charge in [0.1, 0.15) is 0 Å². The van der Waals surface area contributed by atoms with Gasteiger partial charge < -0.3 is 20.9 Å². The van der Waals surface area contributed by atoms with Gasteiger partial charge in [-0.25, -0.2) is 4.79 Å². The number of benzene rings is 2. The summed E-state index contributed by atoms with van der Waals surface area (Å²) in [6, 6.07) is 12.3. The Hall–Kier alpha value is -4.08. The van der Waals surface area contributed by atoms with Gasteiger partial charge in [0, 0.05) is 49.1 Å². The van der Waals surface area contributed by atoms with Gasteiger partial charge in [0.2, 0.25) is 0 Å². The minimum atomic E-state index is -4.52. The number of piperidine rings is 1. The molecule has 0 aliphatic carbocycles. The Morgan fingerprint density at radius 3 is 2.36 bits per heavy atom. The van der Waals surface area contributed by atoms with Crippen molar-refractivity contribution in [3.05, 3.63) is 83.7 Å². The Labute approximate surface area is 206 Å². The summed E-state index contributed by atoms with van der Waals surface area (Å²) < 4.78 is 38.9. The van der Waals surface area contributed by atoms with Gasteiger partial charge in [-0.2, -0.15) is 13.2 Å². The minimum Gasteiger partial charge on any atom is -0.371 e. The SMILES string of the molecule is O=C(Nc1cccc(C(F)(F)F)c1)Nc1ccc(N2CCCCC2)c(C(=O)NCc2cccnc2)c1. The lowest BCUT2D eigenvalue weighted by Gasteiger charge is -2.30. The number of urea groups is 1. The molecule has 1 aromatic heterocycles. The molecule has 0 saturated carbocycles. The van der Waals surface area contributed by atoms with E-state index in [9.17, 15) is 22.8 Å². The first-order valence-corrected chi connectivity index (χ1v) is 11.6. The molecule has 2 heterocycles. The zero-order valence-corrected chi connectivity index (χ0v) is 19.4. The number of pyridine rings is 1. The highest BCUT2D eigenvalue weighted by molar-refractivity contribution is 6.04. The van der Waals surface area contributed by atoms with Crippen LogP contribution in [0.5, 0.6) is 0 Å². The first-order valence-electron chi connectivity index (χ1n) is 11.6. The second-order valence-electron chi connectivity index (χ2n) is 8.48. The number of amides is 3. The number of nitrogens with one attached hydrogen (secondary N) is 3. The Morgan fingerprint density at radius 2 is 1.67 bits per heavy atom. The summed E-state index contributed by atoms with van der Waals surface area (Å²) in [7, 11) is 0. The molecule has 3 amide bonds. The van der Waals surface area contributed by atoms with Gasteiger partial charge >= 0.3 is 12.2 Å². The zero-order valence-electron chi connectivity index (χ0n) is 19.4. The van der Waals surface area contributed by atoms with Gasteiger partial charge in [-0.1, -0.05) is 12.1 Å². The standard InChI is InChI=1S/C26H26F3N5O2/c27-26(28,29)19-7-4-8-20(14-19)32-25(36)33-21-9-10-23(34-12-2-1-3-13-34)22(15-21)24(35)31-17-18-6-5-11-30-16-18/h4-11,14-16H,1-3,12-13,17H2,(H,31,35)(H2,32,33,36). The summed E-state index contributed by atoms with van der Waals surface area (Å²) in [6.45, 7) is 1.94. The summed E-state index contributed by atoms with van der Waals surface area (Å²) in [4.78, 5) is 31.8. The molecule has 0 unspecified atom stereocenters. The van der Waals surface area contributed by atoms with Gasteiger partial charge in [0.05, 0.1) is 11.1 Å². The number of anilines is 3. The number of carbonyl (C=O) groups excluding carboxylic acids is 2. The zero-order chi connectivity index (χ0) is 25.5. The number of hydrogen-bond acceptors (Lipinski definition) is 4. The molecule has 0 radical (unpaired) electrons. The second kappa shape index (κ2) is 11.1. The number of hydrogen-bond donors (Lipinski definition) is 3. The summed E-state index contributed by atoms with van der Waals surface area (Å²) in [5.74, 6) is -0.304. The van der Waals surface area contributed by atoms with Gasteiger partial charge in [-0.3, -0.25) is 9.78 Å². The summed E-state index contributed by atoms with van der Waals surface area (Å²) >= 11 is 0. The van der Waals surface area contributed by atoms with Crippen LogP contribution in [0.4, 0.5) is 35.0 Å². The average molecular weight is 498 g/mol.